The Hall–Kier alpha value is -1.14. The average Bonchev–Trinajstić information content (AvgIpc) is 2.30. The van der Waals surface area contributed by atoms with Gasteiger partial charge in [0, 0.05) is 6.61 Å². The van der Waals surface area contributed by atoms with E-state index in [9.17, 15) is 9.59 Å². The summed E-state index contributed by atoms with van der Waals surface area (Å²) in [5, 5.41) is 8.33. The van der Waals surface area contributed by atoms with Gasteiger partial charge in [0.05, 0.1) is 32.7 Å². The van der Waals surface area contributed by atoms with E-state index in [1.54, 1.807) is 0 Å². The molecule has 17 heavy (non-hydrogen) atoms. The van der Waals surface area contributed by atoms with Gasteiger partial charge in [0.2, 0.25) is 0 Å². The molecule has 1 N–H and O–H groups in total. The third kappa shape index (κ3) is 12.8. The molecule has 6 nitrogen and oxygen atoms in total. The highest BCUT2D eigenvalue weighted by molar-refractivity contribution is 5.76. The molecule has 0 atom stereocenters. The Bertz CT molecular complexity index is 216. The highest BCUT2D eigenvalue weighted by atomic mass is 16.6. The van der Waals surface area contributed by atoms with E-state index >= 15 is 0 Å². The average molecular weight is 248 g/mol. The highest BCUT2D eigenvalue weighted by Crippen LogP contribution is 1.92. The van der Waals surface area contributed by atoms with Crippen LogP contribution in [0.1, 0.15) is 26.2 Å². The van der Waals surface area contributed by atoms with Crippen LogP contribution >= 0.6 is 0 Å². The van der Waals surface area contributed by atoms with E-state index < -0.39 is 11.9 Å². The SMILES string of the molecule is CCCOCCOCCOC(=O)CCC(=O)O. The van der Waals surface area contributed by atoms with Crippen LogP contribution in [0.25, 0.3) is 0 Å². The lowest BCUT2D eigenvalue weighted by Gasteiger charge is -2.06. The second-order valence-corrected chi connectivity index (χ2v) is 3.34. The lowest BCUT2D eigenvalue weighted by atomic mass is 10.3. The monoisotopic (exact) mass is 248 g/mol. The lowest BCUT2D eigenvalue weighted by molar-refractivity contribution is -0.149. The van der Waals surface area contributed by atoms with Gasteiger partial charge in [-0.1, -0.05) is 6.92 Å². The van der Waals surface area contributed by atoms with Gasteiger partial charge in [-0.3, -0.25) is 9.59 Å². The molecule has 0 heterocycles. The first-order chi connectivity index (χ1) is 8.16. The van der Waals surface area contributed by atoms with Crippen molar-refractivity contribution in [2.45, 2.75) is 26.2 Å². The number of carbonyl (C=O) groups is 2. The van der Waals surface area contributed by atoms with Crippen molar-refractivity contribution in [3.05, 3.63) is 0 Å². The van der Waals surface area contributed by atoms with Crippen molar-refractivity contribution >= 4 is 11.9 Å². The summed E-state index contributed by atoms with van der Waals surface area (Å²) in [5.41, 5.74) is 0. The van der Waals surface area contributed by atoms with E-state index in [0.29, 0.717) is 26.4 Å². The van der Waals surface area contributed by atoms with E-state index in [1.807, 2.05) is 6.92 Å². The van der Waals surface area contributed by atoms with Crippen LogP contribution in [0.2, 0.25) is 0 Å². The first kappa shape index (κ1) is 15.9. The van der Waals surface area contributed by atoms with E-state index in [0.717, 1.165) is 6.42 Å². The Kier molecular flexibility index (Phi) is 10.6. The number of carboxylic acid groups (broad SMARTS) is 1. The summed E-state index contributed by atoms with van der Waals surface area (Å²) in [7, 11) is 0. The zero-order valence-electron chi connectivity index (χ0n) is 10.1. The van der Waals surface area contributed by atoms with Crippen molar-refractivity contribution in [3.63, 3.8) is 0 Å². The first-order valence-electron chi connectivity index (χ1n) is 5.69. The molecule has 0 aliphatic carbocycles. The molecule has 0 radical (unpaired) electrons. The smallest absolute Gasteiger partial charge is 0.306 e. The quantitative estimate of drug-likeness (QED) is 0.431. The Morgan fingerprint density at radius 1 is 0.941 bits per heavy atom. The predicted molar refractivity (Wildman–Crippen MR) is 59.8 cm³/mol. The summed E-state index contributed by atoms with van der Waals surface area (Å²) in [6.07, 6.45) is 0.667. The molecule has 0 fully saturated rings. The summed E-state index contributed by atoms with van der Waals surface area (Å²) in [6, 6.07) is 0. The number of aliphatic carboxylic acids is 1. The van der Waals surface area contributed by atoms with Crippen molar-refractivity contribution in [2.75, 3.05) is 33.0 Å². The Balaban J connectivity index is 3.16. The summed E-state index contributed by atoms with van der Waals surface area (Å²) in [5.74, 6) is -1.52. The molecular weight excluding hydrogens is 228 g/mol. The van der Waals surface area contributed by atoms with E-state index in [4.69, 9.17) is 19.3 Å². The van der Waals surface area contributed by atoms with Crippen LogP contribution in [-0.4, -0.2) is 50.1 Å². The number of carbonyl (C=O) groups excluding carboxylic acids is 1. The minimum atomic E-state index is -1.01. The number of ether oxygens (including phenoxy) is 3. The molecule has 0 unspecified atom stereocenters. The van der Waals surface area contributed by atoms with Gasteiger partial charge in [-0.15, -0.1) is 0 Å². The van der Waals surface area contributed by atoms with Crippen molar-refractivity contribution in [2.24, 2.45) is 0 Å². The molecule has 0 spiro atoms. The van der Waals surface area contributed by atoms with Gasteiger partial charge in [0.15, 0.2) is 0 Å². The minimum Gasteiger partial charge on any atom is -0.481 e. The van der Waals surface area contributed by atoms with Gasteiger partial charge in [-0.2, -0.15) is 0 Å². The van der Waals surface area contributed by atoms with Gasteiger partial charge in [0.1, 0.15) is 6.61 Å². The van der Waals surface area contributed by atoms with Crippen molar-refractivity contribution < 1.29 is 28.9 Å². The first-order valence-corrected chi connectivity index (χ1v) is 5.69. The molecule has 0 aromatic heterocycles. The Morgan fingerprint density at radius 2 is 1.53 bits per heavy atom. The van der Waals surface area contributed by atoms with E-state index in [-0.39, 0.29) is 19.4 Å². The molecule has 0 saturated carbocycles. The molecule has 0 aromatic carbocycles. The summed E-state index contributed by atoms with van der Waals surface area (Å²) < 4.78 is 15.1. The minimum absolute atomic E-state index is 0.102. The third-order valence-corrected chi connectivity index (χ3v) is 1.75. The maximum Gasteiger partial charge on any atom is 0.306 e. The third-order valence-electron chi connectivity index (χ3n) is 1.75. The second-order valence-electron chi connectivity index (χ2n) is 3.34. The maximum atomic E-state index is 11.0. The van der Waals surface area contributed by atoms with Crippen molar-refractivity contribution in [1.82, 2.24) is 0 Å². The molecule has 0 aliphatic rings. The van der Waals surface area contributed by atoms with Gasteiger partial charge in [0.25, 0.3) is 0 Å². The number of hydrogen-bond donors (Lipinski definition) is 1. The Morgan fingerprint density at radius 3 is 2.12 bits per heavy atom. The van der Waals surface area contributed by atoms with Crippen LogP contribution in [0, 0.1) is 0 Å². The summed E-state index contributed by atoms with van der Waals surface area (Å²) in [4.78, 5) is 21.1. The van der Waals surface area contributed by atoms with Crippen LogP contribution in [0.3, 0.4) is 0 Å². The Labute approximate surface area is 101 Å². The largest absolute Gasteiger partial charge is 0.481 e. The van der Waals surface area contributed by atoms with Crippen LogP contribution in [-0.2, 0) is 23.8 Å². The highest BCUT2D eigenvalue weighted by Gasteiger charge is 2.05. The summed E-state index contributed by atoms with van der Waals surface area (Å²) in [6.45, 7) is 4.18. The van der Waals surface area contributed by atoms with Crippen LogP contribution < -0.4 is 0 Å². The zero-order chi connectivity index (χ0) is 12.9. The summed E-state index contributed by atoms with van der Waals surface area (Å²) >= 11 is 0. The molecule has 0 rings (SSSR count). The van der Waals surface area contributed by atoms with Gasteiger partial charge < -0.3 is 19.3 Å². The van der Waals surface area contributed by atoms with Crippen molar-refractivity contribution in [3.8, 4) is 0 Å². The lowest BCUT2D eigenvalue weighted by Crippen LogP contribution is -2.13. The number of carboxylic acids is 1. The molecular formula is C11H20O6. The molecule has 0 saturated heterocycles. The molecule has 0 amide bonds. The molecule has 0 aromatic rings. The van der Waals surface area contributed by atoms with Crippen LogP contribution in [0.5, 0.6) is 0 Å². The number of hydrogen-bond acceptors (Lipinski definition) is 5. The van der Waals surface area contributed by atoms with Gasteiger partial charge in [-0.05, 0) is 6.42 Å². The van der Waals surface area contributed by atoms with Crippen LogP contribution in [0.4, 0.5) is 0 Å². The number of rotatable bonds is 11. The predicted octanol–water partition coefficient (Wildman–Crippen LogP) is 0.838. The topological polar surface area (TPSA) is 82.1 Å². The van der Waals surface area contributed by atoms with Gasteiger partial charge >= 0.3 is 11.9 Å². The van der Waals surface area contributed by atoms with E-state index in [2.05, 4.69) is 0 Å². The van der Waals surface area contributed by atoms with E-state index in [1.165, 1.54) is 0 Å². The molecule has 0 aliphatic heterocycles. The zero-order valence-corrected chi connectivity index (χ0v) is 10.1. The number of esters is 1. The molecule has 0 bridgehead atoms. The molecule has 6 heteroatoms. The van der Waals surface area contributed by atoms with Gasteiger partial charge in [-0.25, -0.2) is 0 Å². The van der Waals surface area contributed by atoms with Crippen molar-refractivity contribution in [1.29, 1.82) is 0 Å². The fraction of sp³-hybridized carbons (Fsp3) is 0.818. The maximum absolute atomic E-state index is 11.0. The molecule has 100 valence electrons. The van der Waals surface area contributed by atoms with Crippen LogP contribution in [0.15, 0.2) is 0 Å². The standard InChI is InChI=1S/C11H20O6/c1-2-5-15-6-7-16-8-9-17-11(14)4-3-10(12)13/h2-9H2,1H3,(H,12,13). The normalized spacial score (nSPS) is 10.2. The fourth-order valence-corrected chi connectivity index (χ4v) is 0.962. The second kappa shape index (κ2) is 11.3. The fourth-order valence-electron chi connectivity index (χ4n) is 0.962.